The second kappa shape index (κ2) is 6.70. The molecule has 7 nitrogen and oxygen atoms in total. The zero-order valence-electron chi connectivity index (χ0n) is 14.2. The number of hydrogen-bond donors (Lipinski definition) is 1. The van der Waals surface area contributed by atoms with E-state index in [0.717, 1.165) is 31.7 Å². The summed E-state index contributed by atoms with van der Waals surface area (Å²) in [5.41, 5.74) is 6.25. The Kier molecular flexibility index (Phi) is 4.24. The highest BCUT2D eigenvalue weighted by Gasteiger charge is 2.23. The molecule has 4 rings (SSSR count). The normalized spacial score (nSPS) is 17.6. The number of anilines is 1. The molecule has 1 aromatic carbocycles. The number of nitrogens with two attached hydrogens (primary N) is 1. The number of hydrogen-bond acceptors (Lipinski definition) is 5. The van der Waals surface area contributed by atoms with Crippen molar-refractivity contribution in [3.8, 4) is 11.4 Å². The number of piperidine rings is 1. The third-order valence-electron chi connectivity index (χ3n) is 4.70. The van der Waals surface area contributed by atoms with Crippen LogP contribution < -0.4 is 10.6 Å². The second-order valence-corrected chi connectivity index (χ2v) is 6.59. The number of halogens is 1. The Morgan fingerprint density at radius 1 is 1.23 bits per heavy atom. The lowest BCUT2D eigenvalue weighted by atomic mass is 9.94. The van der Waals surface area contributed by atoms with Gasteiger partial charge in [-0.2, -0.15) is 4.52 Å². The summed E-state index contributed by atoms with van der Waals surface area (Å²) >= 11 is 0. The van der Waals surface area contributed by atoms with Crippen molar-refractivity contribution in [2.45, 2.75) is 19.3 Å². The molecule has 0 radical (unpaired) electrons. The minimum Gasteiger partial charge on any atom is -0.370 e. The van der Waals surface area contributed by atoms with Gasteiger partial charge in [-0.15, -0.1) is 15.3 Å². The summed E-state index contributed by atoms with van der Waals surface area (Å²) in [7, 11) is 0. The highest BCUT2D eigenvalue weighted by atomic mass is 19.1. The number of amides is 1. The van der Waals surface area contributed by atoms with Crippen LogP contribution >= 0.6 is 0 Å². The molecular weight excluding hydrogens is 335 g/mol. The number of carbonyl (C=O) groups is 1. The molecule has 0 bridgehead atoms. The van der Waals surface area contributed by atoms with Crippen molar-refractivity contribution in [1.29, 1.82) is 0 Å². The van der Waals surface area contributed by atoms with Crippen molar-refractivity contribution in [2.75, 3.05) is 18.0 Å². The predicted molar refractivity (Wildman–Crippen MR) is 94.9 cm³/mol. The standard InChI is InChI=1S/C18H19FN6O/c19-14-6-2-1-5-13(14)18-22-21-16-7-8-17(23-25(16)18)24-9-3-4-12(11-24)10-15(20)26/h1-2,5-8,12H,3-4,9-11H2,(H2,20,26). The topological polar surface area (TPSA) is 89.4 Å². The first-order valence-electron chi connectivity index (χ1n) is 8.62. The van der Waals surface area contributed by atoms with E-state index in [1.54, 1.807) is 22.7 Å². The molecule has 1 saturated heterocycles. The van der Waals surface area contributed by atoms with Crippen molar-refractivity contribution in [3.63, 3.8) is 0 Å². The molecule has 0 saturated carbocycles. The average molecular weight is 354 g/mol. The first-order chi connectivity index (χ1) is 12.6. The van der Waals surface area contributed by atoms with Crippen molar-refractivity contribution in [2.24, 2.45) is 11.7 Å². The van der Waals surface area contributed by atoms with Gasteiger partial charge in [0.25, 0.3) is 0 Å². The Labute approximate surface area is 149 Å². The number of carbonyl (C=O) groups excluding carboxylic acids is 1. The van der Waals surface area contributed by atoms with Gasteiger partial charge in [0.2, 0.25) is 5.91 Å². The monoisotopic (exact) mass is 354 g/mol. The van der Waals surface area contributed by atoms with Crippen molar-refractivity contribution >= 4 is 17.4 Å². The van der Waals surface area contributed by atoms with Crippen LogP contribution in [0.15, 0.2) is 36.4 Å². The van der Waals surface area contributed by atoms with Gasteiger partial charge in [0.15, 0.2) is 11.5 Å². The highest BCUT2D eigenvalue weighted by Crippen LogP contribution is 2.25. The lowest BCUT2D eigenvalue weighted by molar-refractivity contribution is -0.118. The van der Waals surface area contributed by atoms with Gasteiger partial charge in [0.1, 0.15) is 11.6 Å². The van der Waals surface area contributed by atoms with Crippen LogP contribution in [0, 0.1) is 11.7 Å². The third-order valence-corrected chi connectivity index (χ3v) is 4.70. The van der Waals surface area contributed by atoms with Gasteiger partial charge in [-0.05, 0) is 43.0 Å². The van der Waals surface area contributed by atoms with Gasteiger partial charge in [-0.3, -0.25) is 4.79 Å². The van der Waals surface area contributed by atoms with Gasteiger partial charge >= 0.3 is 0 Å². The maximum Gasteiger partial charge on any atom is 0.217 e. The minimum atomic E-state index is -0.367. The van der Waals surface area contributed by atoms with E-state index in [-0.39, 0.29) is 17.6 Å². The van der Waals surface area contributed by atoms with Crippen LogP contribution in [0.4, 0.5) is 10.2 Å². The van der Waals surface area contributed by atoms with Crippen molar-refractivity contribution in [1.82, 2.24) is 19.8 Å². The summed E-state index contributed by atoms with van der Waals surface area (Å²) in [6.45, 7) is 1.57. The number of primary amides is 1. The molecule has 1 fully saturated rings. The lowest BCUT2D eigenvalue weighted by Gasteiger charge is -2.33. The molecule has 8 heteroatoms. The first-order valence-corrected chi connectivity index (χ1v) is 8.62. The van der Waals surface area contributed by atoms with Crippen LogP contribution in [0.2, 0.25) is 0 Å². The Morgan fingerprint density at radius 3 is 2.88 bits per heavy atom. The summed E-state index contributed by atoms with van der Waals surface area (Å²) < 4.78 is 15.7. The van der Waals surface area contributed by atoms with Crippen molar-refractivity contribution in [3.05, 3.63) is 42.2 Å². The maximum absolute atomic E-state index is 14.1. The second-order valence-electron chi connectivity index (χ2n) is 6.59. The average Bonchev–Trinajstić information content (AvgIpc) is 3.05. The molecule has 1 aliphatic heterocycles. The van der Waals surface area contributed by atoms with E-state index in [9.17, 15) is 9.18 Å². The fourth-order valence-corrected chi connectivity index (χ4v) is 3.48. The van der Waals surface area contributed by atoms with Crippen molar-refractivity contribution < 1.29 is 9.18 Å². The van der Waals surface area contributed by atoms with E-state index in [2.05, 4.69) is 20.2 Å². The molecular formula is C18H19FN6O. The van der Waals surface area contributed by atoms with E-state index in [1.807, 2.05) is 12.1 Å². The quantitative estimate of drug-likeness (QED) is 0.774. The Hall–Kier alpha value is -3.03. The molecule has 134 valence electrons. The third kappa shape index (κ3) is 3.10. The summed E-state index contributed by atoms with van der Waals surface area (Å²) in [5.74, 6) is 0.704. The van der Waals surface area contributed by atoms with E-state index in [1.165, 1.54) is 6.07 Å². The van der Waals surface area contributed by atoms with Gasteiger partial charge in [0.05, 0.1) is 5.56 Å². The van der Waals surface area contributed by atoms with Crippen LogP contribution in [0.1, 0.15) is 19.3 Å². The zero-order chi connectivity index (χ0) is 18.1. The molecule has 1 unspecified atom stereocenters. The summed E-state index contributed by atoms with van der Waals surface area (Å²) in [6.07, 6.45) is 2.33. The summed E-state index contributed by atoms with van der Waals surface area (Å²) in [4.78, 5) is 13.3. The van der Waals surface area contributed by atoms with Gasteiger partial charge in [0, 0.05) is 19.5 Å². The van der Waals surface area contributed by atoms with Gasteiger partial charge < -0.3 is 10.6 Å². The Morgan fingerprint density at radius 2 is 2.08 bits per heavy atom. The zero-order valence-corrected chi connectivity index (χ0v) is 14.2. The smallest absolute Gasteiger partial charge is 0.217 e. The Bertz CT molecular complexity index is 956. The summed E-state index contributed by atoms with van der Waals surface area (Å²) in [6, 6.07) is 10.1. The van der Waals surface area contributed by atoms with Crippen LogP contribution in [-0.4, -0.2) is 38.8 Å². The van der Waals surface area contributed by atoms with Crippen LogP contribution in [-0.2, 0) is 4.79 Å². The van der Waals surface area contributed by atoms with Gasteiger partial charge in [-0.1, -0.05) is 12.1 Å². The molecule has 1 atom stereocenters. The van der Waals surface area contributed by atoms with E-state index < -0.39 is 0 Å². The van der Waals surface area contributed by atoms with Crippen LogP contribution in [0.25, 0.3) is 17.0 Å². The molecule has 1 aliphatic rings. The minimum absolute atomic E-state index is 0.227. The highest BCUT2D eigenvalue weighted by molar-refractivity contribution is 5.74. The maximum atomic E-state index is 14.1. The number of nitrogens with zero attached hydrogens (tertiary/aromatic N) is 5. The number of benzene rings is 1. The van der Waals surface area contributed by atoms with E-state index >= 15 is 0 Å². The lowest BCUT2D eigenvalue weighted by Crippen LogP contribution is -2.37. The number of rotatable bonds is 4. The Balaban J connectivity index is 1.68. The SMILES string of the molecule is NC(=O)CC1CCCN(c2ccc3nnc(-c4ccccc4F)n3n2)C1. The van der Waals surface area contributed by atoms with Crippen LogP contribution in [0.5, 0.6) is 0 Å². The predicted octanol–water partition coefficient (Wildman–Crippen LogP) is 2.02. The molecule has 3 aromatic rings. The largest absolute Gasteiger partial charge is 0.370 e. The van der Waals surface area contributed by atoms with Gasteiger partial charge in [-0.25, -0.2) is 4.39 Å². The molecule has 1 amide bonds. The fraction of sp³-hybridized carbons (Fsp3) is 0.333. The van der Waals surface area contributed by atoms with Crippen LogP contribution in [0.3, 0.4) is 0 Å². The van der Waals surface area contributed by atoms with E-state index in [4.69, 9.17) is 5.73 Å². The fourth-order valence-electron chi connectivity index (χ4n) is 3.48. The number of fused-ring (bicyclic) bond motifs is 1. The summed E-state index contributed by atoms with van der Waals surface area (Å²) in [5, 5.41) is 12.8. The molecule has 0 spiro atoms. The first kappa shape index (κ1) is 16.4. The molecule has 3 heterocycles. The molecule has 2 N–H and O–H groups in total. The molecule has 0 aliphatic carbocycles. The van der Waals surface area contributed by atoms with E-state index in [0.29, 0.717) is 23.5 Å². The molecule has 2 aromatic heterocycles. The number of aromatic nitrogens is 4. The molecule has 26 heavy (non-hydrogen) atoms.